The standard InChI is InChI=1S/C7H8O4/c8-3-4-1-5(9)7(11)6(10)2-4/h1,3,6-7,10-11H,2H2/t6?,7-/m1/s1. The van der Waals surface area contributed by atoms with Crippen molar-refractivity contribution in [1.29, 1.82) is 0 Å². The molecule has 0 heterocycles. The van der Waals surface area contributed by atoms with Crippen molar-refractivity contribution in [3.05, 3.63) is 11.6 Å². The Morgan fingerprint density at radius 2 is 2.18 bits per heavy atom. The summed E-state index contributed by atoms with van der Waals surface area (Å²) in [5, 5.41) is 17.9. The molecule has 4 heteroatoms. The Hall–Kier alpha value is -1.00. The first-order valence-electron chi connectivity index (χ1n) is 3.21. The topological polar surface area (TPSA) is 74.6 Å². The van der Waals surface area contributed by atoms with Crippen LogP contribution in [0.15, 0.2) is 11.6 Å². The first-order chi connectivity index (χ1) is 5.15. The van der Waals surface area contributed by atoms with Gasteiger partial charge in [-0.3, -0.25) is 9.59 Å². The van der Waals surface area contributed by atoms with Crippen molar-refractivity contribution < 1.29 is 19.8 Å². The van der Waals surface area contributed by atoms with Crippen molar-refractivity contribution in [2.45, 2.75) is 18.6 Å². The van der Waals surface area contributed by atoms with Gasteiger partial charge < -0.3 is 10.2 Å². The normalized spacial score (nSPS) is 31.5. The Morgan fingerprint density at radius 1 is 1.55 bits per heavy atom. The van der Waals surface area contributed by atoms with Gasteiger partial charge in [0.1, 0.15) is 12.4 Å². The van der Waals surface area contributed by atoms with Crippen molar-refractivity contribution in [3.63, 3.8) is 0 Å². The molecule has 11 heavy (non-hydrogen) atoms. The highest BCUT2D eigenvalue weighted by Gasteiger charge is 2.28. The summed E-state index contributed by atoms with van der Waals surface area (Å²) in [7, 11) is 0. The number of carbonyl (C=O) groups is 2. The molecule has 1 rings (SSSR count). The first-order valence-corrected chi connectivity index (χ1v) is 3.21. The van der Waals surface area contributed by atoms with E-state index in [4.69, 9.17) is 10.2 Å². The van der Waals surface area contributed by atoms with Gasteiger partial charge in [0, 0.05) is 6.42 Å². The number of aliphatic hydroxyl groups excluding tert-OH is 2. The lowest BCUT2D eigenvalue weighted by atomic mass is 9.94. The highest BCUT2D eigenvalue weighted by Crippen LogP contribution is 2.14. The van der Waals surface area contributed by atoms with Gasteiger partial charge in [-0.2, -0.15) is 0 Å². The van der Waals surface area contributed by atoms with E-state index in [1.807, 2.05) is 0 Å². The van der Waals surface area contributed by atoms with Gasteiger partial charge in [0.25, 0.3) is 0 Å². The predicted molar refractivity (Wildman–Crippen MR) is 35.8 cm³/mol. The van der Waals surface area contributed by atoms with Gasteiger partial charge in [-0.25, -0.2) is 0 Å². The summed E-state index contributed by atoms with van der Waals surface area (Å²) in [5.41, 5.74) is 0.229. The van der Waals surface area contributed by atoms with Crippen LogP contribution in [0.4, 0.5) is 0 Å². The minimum Gasteiger partial charge on any atom is -0.390 e. The summed E-state index contributed by atoms with van der Waals surface area (Å²) < 4.78 is 0. The zero-order valence-electron chi connectivity index (χ0n) is 5.73. The Bertz CT molecular complexity index is 218. The van der Waals surface area contributed by atoms with E-state index in [9.17, 15) is 9.59 Å². The number of aliphatic hydroxyl groups is 2. The second-order valence-corrected chi connectivity index (χ2v) is 2.46. The molecule has 2 atom stereocenters. The summed E-state index contributed by atoms with van der Waals surface area (Å²) in [4.78, 5) is 20.9. The lowest BCUT2D eigenvalue weighted by Gasteiger charge is -2.19. The maximum Gasteiger partial charge on any atom is 0.187 e. The van der Waals surface area contributed by atoms with Crippen molar-refractivity contribution in [1.82, 2.24) is 0 Å². The van der Waals surface area contributed by atoms with Crippen LogP contribution < -0.4 is 0 Å². The molecule has 60 valence electrons. The number of hydrogen-bond donors (Lipinski definition) is 2. The smallest absolute Gasteiger partial charge is 0.187 e. The SMILES string of the molecule is O=CC1=CC(=O)[C@@H](O)C(O)C1. The number of hydrogen-bond acceptors (Lipinski definition) is 4. The van der Waals surface area contributed by atoms with Crippen LogP contribution in [-0.4, -0.2) is 34.5 Å². The van der Waals surface area contributed by atoms with E-state index in [2.05, 4.69) is 0 Å². The van der Waals surface area contributed by atoms with Gasteiger partial charge >= 0.3 is 0 Å². The molecule has 0 aliphatic heterocycles. The zero-order valence-corrected chi connectivity index (χ0v) is 5.73. The maximum absolute atomic E-state index is 10.7. The minimum absolute atomic E-state index is 0.0520. The molecule has 0 fully saturated rings. The summed E-state index contributed by atoms with van der Waals surface area (Å²) in [6.07, 6.45) is -0.875. The molecule has 0 saturated carbocycles. The number of rotatable bonds is 1. The van der Waals surface area contributed by atoms with E-state index in [0.717, 1.165) is 6.08 Å². The average molecular weight is 156 g/mol. The molecule has 0 saturated heterocycles. The summed E-state index contributed by atoms with van der Waals surface area (Å²) in [6.45, 7) is 0. The van der Waals surface area contributed by atoms with Crippen LogP contribution in [0.5, 0.6) is 0 Å². The highest BCUT2D eigenvalue weighted by molar-refractivity contribution is 5.99. The molecular formula is C7H8O4. The quantitative estimate of drug-likeness (QED) is 0.468. The number of carbonyl (C=O) groups excluding carboxylic acids is 2. The molecule has 4 nitrogen and oxygen atoms in total. The van der Waals surface area contributed by atoms with Gasteiger partial charge in [-0.05, 0) is 11.6 Å². The molecule has 0 bridgehead atoms. The molecule has 0 amide bonds. The second kappa shape index (κ2) is 2.94. The van der Waals surface area contributed by atoms with Crippen LogP contribution in [0.1, 0.15) is 6.42 Å². The van der Waals surface area contributed by atoms with Crippen LogP contribution in [0, 0.1) is 0 Å². The van der Waals surface area contributed by atoms with Crippen LogP contribution in [0.25, 0.3) is 0 Å². The van der Waals surface area contributed by atoms with Crippen LogP contribution >= 0.6 is 0 Å². The Labute approximate surface area is 63.1 Å². The second-order valence-electron chi connectivity index (χ2n) is 2.46. The van der Waals surface area contributed by atoms with E-state index in [0.29, 0.717) is 6.29 Å². The van der Waals surface area contributed by atoms with Crippen molar-refractivity contribution in [3.8, 4) is 0 Å². The fourth-order valence-electron chi connectivity index (χ4n) is 0.952. The molecular weight excluding hydrogens is 148 g/mol. The largest absolute Gasteiger partial charge is 0.390 e. The van der Waals surface area contributed by atoms with E-state index >= 15 is 0 Å². The molecule has 2 N–H and O–H groups in total. The first kappa shape index (κ1) is 8.10. The van der Waals surface area contributed by atoms with E-state index in [1.165, 1.54) is 0 Å². The molecule has 0 spiro atoms. The summed E-state index contributed by atoms with van der Waals surface area (Å²) in [5.74, 6) is -0.606. The van der Waals surface area contributed by atoms with Crippen molar-refractivity contribution in [2.24, 2.45) is 0 Å². The molecule has 1 aliphatic carbocycles. The third-order valence-corrected chi connectivity index (χ3v) is 1.58. The third-order valence-electron chi connectivity index (χ3n) is 1.58. The average Bonchev–Trinajstić information content (AvgIpc) is 1.99. The van der Waals surface area contributed by atoms with Crippen LogP contribution in [0.3, 0.4) is 0 Å². The fourth-order valence-corrected chi connectivity index (χ4v) is 0.952. The Kier molecular flexibility index (Phi) is 2.16. The Balaban J connectivity index is 2.84. The van der Waals surface area contributed by atoms with Gasteiger partial charge in [0.15, 0.2) is 5.78 Å². The molecule has 1 unspecified atom stereocenters. The van der Waals surface area contributed by atoms with Gasteiger partial charge in [0.2, 0.25) is 0 Å². The monoisotopic (exact) mass is 156 g/mol. The Morgan fingerprint density at radius 3 is 2.64 bits per heavy atom. The summed E-state index contributed by atoms with van der Waals surface area (Å²) in [6, 6.07) is 0. The van der Waals surface area contributed by atoms with E-state index < -0.39 is 18.0 Å². The highest BCUT2D eigenvalue weighted by atomic mass is 16.3. The van der Waals surface area contributed by atoms with Crippen LogP contribution in [-0.2, 0) is 9.59 Å². The predicted octanol–water partition coefficient (Wildman–Crippen LogP) is -1.19. The van der Waals surface area contributed by atoms with E-state index in [1.54, 1.807) is 0 Å². The lowest BCUT2D eigenvalue weighted by molar-refractivity contribution is -0.129. The van der Waals surface area contributed by atoms with Crippen molar-refractivity contribution >= 4 is 12.1 Å². The molecule has 0 aromatic rings. The van der Waals surface area contributed by atoms with Gasteiger partial charge in [0.05, 0.1) is 6.10 Å². The fraction of sp³-hybridized carbons (Fsp3) is 0.429. The lowest BCUT2D eigenvalue weighted by Crippen LogP contribution is -2.36. The van der Waals surface area contributed by atoms with Crippen molar-refractivity contribution in [2.75, 3.05) is 0 Å². The molecule has 0 aromatic heterocycles. The third kappa shape index (κ3) is 1.53. The van der Waals surface area contributed by atoms with Gasteiger partial charge in [-0.1, -0.05) is 0 Å². The zero-order chi connectivity index (χ0) is 8.43. The molecule has 1 aliphatic rings. The summed E-state index contributed by atoms with van der Waals surface area (Å²) >= 11 is 0. The maximum atomic E-state index is 10.7. The molecule has 0 radical (unpaired) electrons. The van der Waals surface area contributed by atoms with Crippen LogP contribution in [0.2, 0.25) is 0 Å². The minimum atomic E-state index is -1.36. The number of ketones is 1. The molecule has 0 aromatic carbocycles. The van der Waals surface area contributed by atoms with E-state index in [-0.39, 0.29) is 12.0 Å². The van der Waals surface area contributed by atoms with Gasteiger partial charge in [-0.15, -0.1) is 0 Å². The number of aldehydes is 1.